The number of amides is 1. The predicted molar refractivity (Wildman–Crippen MR) is 102 cm³/mol. The number of hydrogen-bond donors (Lipinski definition) is 1. The third-order valence-corrected chi connectivity index (χ3v) is 7.00. The number of sulfonamides is 1. The van der Waals surface area contributed by atoms with Gasteiger partial charge in [-0.05, 0) is 46.0 Å². The molecule has 8 heteroatoms. The molecule has 0 atom stereocenters. The van der Waals surface area contributed by atoms with Gasteiger partial charge in [0, 0.05) is 13.6 Å². The van der Waals surface area contributed by atoms with Gasteiger partial charge in [0.25, 0.3) is 15.9 Å². The van der Waals surface area contributed by atoms with Crippen molar-refractivity contribution in [3.8, 4) is 0 Å². The molecule has 0 aliphatic carbocycles. The van der Waals surface area contributed by atoms with Crippen LogP contribution in [-0.4, -0.2) is 26.3 Å². The third-order valence-electron chi connectivity index (χ3n) is 3.51. The minimum Gasteiger partial charge on any atom is -0.337 e. The normalized spacial score (nSPS) is 11.2. The van der Waals surface area contributed by atoms with Crippen molar-refractivity contribution in [3.05, 3.63) is 69.7 Å². The summed E-state index contributed by atoms with van der Waals surface area (Å²) >= 11 is 2.70. The summed E-state index contributed by atoms with van der Waals surface area (Å²) in [6, 6.07) is 11.8. The molecule has 0 fully saturated rings. The van der Waals surface area contributed by atoms with E-state index in [0.29, 0.717) is 12.1 Å². The lowest BCUT2D eigenvalue weighted by atomic mass is 10.1. The Hall–Kier alpha value is -2.16. The van der Waals surface area contributed by atoms with E-state index in [-0.39, 0.29) is 15.8 Å². The third kappa shape index (κ3) is 4.09. The zero-order chi connectivity index (χ0) is 17.9. The van der Waals surface area contributed by atoms with Gasteiger partial charge in [-0.2, -0.15) is 11.3 Å². The number of carbonyl (C=O) groups excluding carboxylic acids is 1. The molecule has 1 aromatic carbocycles. The minimum atomic E-state index is -3.70. The maximum atomic E-state index is 12.8. The average Bonchev–Trinajstić information content (AvgIpc) is 3.28. The standard InChI is InChI=1S/C17H16N2O3S3/c1-19(11-13-8-10-23-12-13)17(20)14-5-2-3-6-15(14)18-25(21,22)16-7-4-9-24-16/h2-10,12,18H,11H2,1H3. The fourth-order valence-corrected chi connectivity index (χ4v) is 5.04. The number of carbonyl (C=O) groups is 1. The molecule has 0 bridgehead atoms. The van der Waals surface area contributed by atoms with Crippen molar-refractivity contribution in [2.24, 2.45) is 0 Å². The molecule has 5 nitrogen and oxygen atoms in total. The molecule has 0 radical (unpaired) electrons. The molecule has 0 unspecified atom stereocenters. The lowest BCUT2D eigenvalue weighted by molar-refractivity contribution is 0.0786. The van der Waals surface area contributed by atoms with Crippen molar-refractivity contribution in [1.29, 1.82) is 0 Å². The summed E-state index contributed by atoms with van der Waals surface area (Å²) in [5, 5.41) is 5.63. The summed E-state index contributed by atoms with van der Waals surface area (Å²) in [5.74, 6) is -0.240. The molecule has 3 aromatic rings. The highest BCUT2D eigenvalue weighted by molar-refractivity contribution is 7.94. The van der Waals surface area contributed by atoms with Crippen molar-refractivity contribution in [3.63, 3.8) is 0 Å². The van der Waals surface area contributed by atoms with Crippen molar-refractivity contribution in [2.75, 3.05) is 11.8 Å². The van der Waals surface area contributed by atoms with Gasteiger partial charge in [-0.25, -0.2) is 8.42 Å². The number of rotatable bonds is 6. The molecule has 1 N–H and O–H groups in total. The largest absolute Gasteiger partial charge is 0.337 e. The number of hydrogen-bond acceptors (Lipinski definition) is 5. The first-order chi connectivity index (χ1) is 12.0. The van der Waals surface area contributed by atoms with Crippen LogP contribution < -0.4 is 4.72 Å². The summed E-state index contributed by atoms with van der Waals surface area (Å²) in [6.45, 7) is 0.467. The molecule has 0 saturated heterocycles. The van der Waals surface area contributed by atoms with Crippen LogP contribution in [0.15, 0.2) is 62.8 Å². The molecule has 3 rings (SSSR count). The number of anilines is 1. The monoisotopic (exact) mass is 392 g/mol. The molecule has 2 heterocycles. The van der Waals surface area contributed by atoms with Gasteiger partial charge < -0.3 is 4.90 Å². The van der Waals surface area contributed by atoms with Crippen LogP contribution in [0.2, 0.25) is 0 Å². The Morgan fingerprint density at radius 1 is 1.12 bits per heavy atom. The van der Waals surface area contributed by atoms with Gasteiger partial charge in [-0.15, -0.1) is 11.3 Å². The van der Waals surface area contributed by atoms with Gasteiger partial charge in [0.1, 0.15) is 4.21 Å². The molecule has 1 amide bonds. The number of thiophene rings is 2. The summed E-state index contributed by atoms with van der Waals surface area (Å²) < 4.78 is 27.6. The predicted octanol–water partition coefficient (Wildman–Crippen LogP) is 3.88. The zero-order valence-electron chi connectivity index (χ0n) is 13.4. The SMILES string of the molecule is CN(Cc1ccsc1)C(=O)c1ccccc1NS(=O)(=O)c1cccs1. The van der Waals surface area contributed by atoms with Crippen LogP contribution >= 0.6 is 22.7 Å². The van der Waals surface area contributed by atoms with Crippen molar-refractivity contribution >= 4 is 44.3 Å². The number of nitrogens with one attached hydrogen (secondary N) is 1. The molecular formula is C17H16N2O3S3. The average molecular weight is 393 g/mol. The van der Waals surface area contributed by atoms with Gasteiger partial charge in [0.15, 0.2) is 0 Å². The second kappa shape index (κ2) is 7.38. The van der Waals surface area contributed by atoms with Crippen LogP contribution in [0.5, 0.6) is 0 Å². The van der Waals surface area contributed by atoms with E-state index in [1.807, 2.05) is 16.8 Å². The van der Waals surface area contributed by atoms with E-state index in [2.05, 4.69) is 4.72 Å². The topological polar surface area (TPSA) is 66.5 Å². The van der Waals surface area contributed by atoms with E-state index < -0.39 is 10.0 Å². The van der Waals surface area contributed by atoms with E-state index in [0.717, 1.165) is 16.9 Å². The number of nitrogens with zero attached hydrogens (tertiary/aromatic N) is 1. The van der Waals surface area contributed by atoms with Crippen LogP contribution in [-0.2, 0) is 16.6 Å². The molecule has 25 heavy (non-hydrogen) atoms. The first-order valence-corrected chi connectivity index (χ1v) is 10.7. The van der Waals surface area contributed by atoms with Gasteiger partial charge in [-0.1, -0.05) is 18.2 Å². The maximum Gasteiger partial charge on any atom is 0.271 e. The summed E-state index contributed by atoms with van der Waals surface area (Å²) in [6.07, 6.45) is 0. The molecule has 2 aromatic heterocycles. The van der Waals surface area contributed by atoms with Gasteiger partial charge in [-0.3, -0.25) is 9.52 Å². The highest BCUT2D eigenvalue weighted by atomic mass is 32.2. The lowest BCUT2D eigenvalue weighted by Gasteiger charge is -2.19. The smallest absolute Gasteiger partial charge is 0.271 e. The number of benzene rings is 1. The summed E-state index contributed by atoms with van der Waals surface area (Å²) in [5.41, 5.74) is 1.64. The van der Waals surface area contributed by atoms with E-state index in [4.69, 9.17) is 0 Å². The lowest BCUT2D eigenvalue weighted by Crippen LogP contribution is -2.27. The van der Waals surface area contributed by atoms with Crippen molar-refractivity contribution in [1.82, 2.24) is 4.90 Å². The zero-order valence-corrected chi connectivity index (χ0v) is 15.8. The van der Waals surface area contributed by atoms with Crippen LogP contribution in [0, 0.1) is 0 Å². The van der Waals surface area contributed by atoms with E-state index in [1.165, 1.54) is 6.07 Å². The van der Waals surface area contributed by atoms with Crippen LogP contribution in [0.25, 0.3) is 0 Å². The van der Waals surface area contributed by atoms with E-state index in [1.54, 1.807) is 59.0 Å². The molecular weight excluding hydrogens is 376 g/mol. The van der Waals surface area contributed by atoms with Crippen LogP contribution in [0.3, 0.4) is 0 Å². The Morgan fingerprint density at radius 2 is 1.92 bits per heavy atom. The van der Waals surface area contributed by atoms with Crippen LogP contribution in [0.1, 0.15) is 15.9 Å². The maximum absolute atomic E-state index is 12.8. The Bertz CT molecular complexity index is 949. The van der Waals surface area contributed by atoms with Gasteiger partial charge in [0.05, 0.1) is 11.3 Å². The highest BCUT2D eigenvalue weighted by Crippen LogP contribution is 2.24. The Kier molecular flexibility index (Phi) is 5.22. The second-order valence-electron chi connectivity index (χ2n) is 5.38. The fourth-order valence-electron chi connectivity index (χ4n) is 2.30. The molecule has 130 valence electrons. The van der Waals surface area contributed by atoms with Crippen molar-refractivity contribution in [2.45, 2.75) is 10.8 Å². The number of para-hydroxylation sites is 1. The van der Waals surface area contributed by atoms with Crippen LogP contribution in [0.4, 0.5) is 5.69 Å². The highest BCUT2D eigenvalue weighted by Gasteiger charge is 2.21. The molecule has 0 aliphatic heterocycles. The Balaban J connectivity index is 1.84. The van der Waals surface area contributed by atoms with E-state index in [9.17, 15) is 13.2 Å². The van der Waals surface area contributed by atoms with E-state index >= 15 is 0 Å². The van der Waals surface area contributed by atoms with Gasteiger partial charge >= 0.3 is 0 Å². The van der Waals surface area contributed by atoms with Gasteiger partial charge in [0.2, 0.25) is 0 Å². The minimum absolute atomic E-state index is 0.210. The Labute approximate surface area is 154 Å². The quantitative estimate of drug-likeness (QED) is 0.692. The Morgan fingerprint density at radius 3 is 2.60 bits per heavy atom. The summed E-state index contributed by atoms with van der Waals surface area (Å²) in [7, 11) is -2.00. The summed E-state index contributed by atoms with van der Waals surface area (Å²) in [4.78, 5) is 14.3. The first kappa shape index (κ1) is 17.7. The molecule has 0 saturated carbocycles. The van der Waals surface area contributed by atoms with Crippen molar-refractivity contribution < 1.29 is 13.2 Å². The second-order valence-corrected chi connectivity index (χ2v) is 9.01. The fraction of sp³-hybridized carbons (Fsp3) is 0.118. The first-order valence-electron chi connectivity index (χ1n) is 7.39. The molecule has 0 spiro atoms. The molecule has 0 aliphatic rings.